The molecule has 0 atom stereocenters. The molecule has 0 saturated carbocycles. The minimum atomic E-state index is -0.899. The molecule has 2 aromatic rings. The zero-order valence-electron chi connectivity index (χ0n) is 19.1. The van der Waals surface area contributed by atoms with Crippen LogP contribution in [0.15, 0.2) is 41.5 Å². The number of carbonyl (C=O) groups is 3. The molecule has 176 valence electrons. The van der Waals surface area contributed by atoms with E-state index in [0.29, 0.717) is 29.4 Å². The van der Waals surface area contributed by atoms with Crippen LogP contribution in [0.5, 0.6) is 11.5 Å². The lowest BCUT2D eigenvalue weighted by molar-refractivity contribution is -0.139. The molecule has 3 amide bonds. The molecule has 0 saturated heterocycles. The Labute approximate surface area is 192 Å². The third-order valence-corrected chi connectivity index (χ3v) is 4.23. The summed E-state index contributed by atoms with van der Waals surface area (Å²) < 4.78 is 15.7. The fourth-order valence-corrected chi connectivity index (χ4v) is 2.83. The van der Waals surface area contributed by atoms with E-state index < -0.39 is 11.8 Å². The van der Waals surface area contributed by atoms with E-state index in [2.05, 4.69) is 21.2 Å². The zero-order chi connectivity index (χ0) is 24.2. The quantitative estimate of drug-likeness (QED) is 0.215. The predicted molar refractivity (Wildman–Crippen MR) is 124 cm³/mol. The van der Waals surface area contributed by atoms with E-state index in [1.165, 1.54) is 20.4 Å². The van der Waals surface area contributed by atoms with Crippen LogP contribution in [0.4, 0.5) is 5.69 Å². The summed E-state index contributed by atoms with van der Waals surface area (Å²) >= 11 is 0. The molecule has 0 bridgehead atoms. The van der Waals surface area contributed by atoms with Gasteiger partial charge in [0.1, 0.15) is 0 Å². The van der Waals surface area contributed by atoms with Gasteiger partial charge in [-0.15, -0.1) is 0 Å². The van der Waals surface area contributed by atoms with Crippen molar-refractivity contribution in [3.63, 3.8) is 0 Å². The van der Waals surface area contributed by atoms with Gasteiger partial charge in [0.2, 0.25) is 0 Å². The molecule has 0 heterocycles. The normalized spacial score (nSPS) is 10.5. The maximum atomic E-state index is 12.2. The molecule has 10 nitrogen and oxygen atoms in total. The van der Waals surface area contributed by atoms with E-state index in [0.717, 1.165) is 11.1 Å². The second-order valence-electron chi connectivity index (χ2n) is 7.07. The Kier molecular flexibility index (Phi) is 9.84. The molecule has 33 heavy (non-hydrogen) atoms. The Balaban J connectivity index is 1.90. The maximum Gasteiger partial charge on any atom is 0.329 e. The average molecular weight is 456 g/mol. The molecule has 0 aliphatic heterocycles. The summed E-state index contributed by atoms with van der Waals surface area (Å²) in [5, 5.41) is 8.94. The van der Waals surface area contributed by atoms with Crippen molar-refractivity contribution in [3.05, 3.63) is 53.1 Å². The minimum absolute atomic E-state index is 0.203. The highest BCUT2D eigenvalue weighted by atomic mass is 16.5. The molecule has 0 fully saturated rings. The number of benzene rings is 2. The van der Waals surface area contributed by atoms with E-state index in [4.69, 9.17) is 14.2 Å². The van der Waals surface area contributed by atoms with Gasteiger partial charge in [-0.05, 0) is 60.9 Å². The molecule has 2 rings (SSSR count). The summed E-state index contributed by atoms with van der Waals surface area (Å²) in [6.45, 7) is 4.22. The van der Waals surface area contributed by atoms with Crippen LogP contribution in [0.1, 0.15) is 16.7 Å². The number of hydrogen-bond donors (Lipinski definition) is 3. The summed E-state index contributed by atoms with van der Waals surface area (Å²) in [7, 11) is 2.95. The third-order valence-electron chi connectivity index (χ3n) is 4.23. The topological polar surface area (TPSA) is 127 Å². The van der Waals surface area contributed by atoms with Gasteiger partial charge in [-0.3, -0.25) is 14.4 Å². The van der Waals surface area contributed by atoms with E-state index >= 15 is 0 Å². The van der Waals surface area contributed by atoms with Gasteiger partial charge < -0.3 is 24.8 Å². The highest BCUT2D eigenvalue weighted by Crippen LogP contribution is 2.27. The van der Waals surface area contributed by atoms with Crippen molar-refractivity contribution >= 4 is 29.6 Å². The number of anilines is 1. The summed E-state index contributed by atoms with van der Waals surface area (Å²) in [6, 6.07) is 10.7. The van der Waals surface area contributed by atoms with Crippen LogP contribution in [0.2, 0.25) is 0 Å². The summed E-state index contributed by atoms with van der Waals surface area (Å²) in [5.41, 5.74) is 5.52. The van der Waals surface area contributed by atoms with Gasteiger partial charge in [0.25, 0.3) is 5.91 Å². The van der Waals surface area contributed by atoms with E-state index in [-0.39, 0.29) is 19.1 Å². The number of methoxy groups -OCH3 is 2. The number of rotatable bonds is 10. The monoisotopic (exact) mass is 456 g/mol. The van der Waals surface area contributed by atoms with Crippen LogP contribution in [0.25, 0.3) is 0 Å². The first-order valence-corrected chi connectivity index (χ1v) is 10.1. The lowest BCUT2D eigenvalue weighted by Crippen LogP contribution is -2.39. The first-order chi connectivity index (χ1) is 15.8. The average Bonchev–Trinajstić information content (AvgIpc) is 2.77. The molecular weight excluding hydrogens is 428 g/mol. The van der Waals surface area contributed by atoms with Crippen molar-refractivity contribution in [1.82, 2.24) is 10.7 Å². The van der Waals surface area contributed by atoms with Crippen LogP contribution in [-0.4, -0.2) is 57.9 Å². The molecule has 0 aliphatic rings. The van der Waals surface area contributed by atoms with Crippen molar-refractivity contribution in [1.29, 1.82) is 0 Å². The lowest BCUT2D eigenvalue weighted by atomic mass is 10.1. The Morgan fingerprint density at radius 2 is 1.70 bits per heavy atom. The Morgan fingerprint density at radius 1 is 0.970 bits per heavy atom. The zero-order valence-corrected chi connectivity index (χ0v) is 19.1. The van der Waals surface area contributed by atoms with Gasteiger partial charge >= 0.3 is 11.8 Å². The smallest absolute Gasteiger partial charge is 0.329 e. The van der Waals surface area contributed by atoms with Crippen LogP contribution < -0.4 is 25.5 Å². The second-order valence-corrected chi connectivity index (χ2v) is 7.07. The Bertz CT molecular complexity index is 1000. The first-order valence-electron chi connectivity index (χ1n) is 10.1. The van der Waals surface area contributed by atoms with Crippen LogP contribution in [0, 0.1) is 13.8 Å². The maximum absolute atomic E-state index is 12.2. The number of nitrogens with one attached hydrogen (secondary N) is 3. The lowest BCUT2D eigenvalue weighted by Gasteiger charge is -2.12. The Morgan fingerprint density at radius 3 is 2.36 bits per heavy atom. The molecule has 0 unspecified atom stereocenters. The largest absolute Gasteiger partial charge is 0.493 e. The fourth-order valence-electron chi connectivity index (χ4n) is 2.83. The van der Waals surface area contributed by atoms with Crippen molar-refractivity contribution in [2.24, 2.45) is 5.10 Å². The number of hydrogen-bond acceptors (Lipinski definition) is 7. The van der Waals surface area contributed by atoms with Gasteiger partial charge in [-0.1, -0.05) is 6.07 Å². The van der Waals surface area contributed by atoms with Crippen molar-refractivity contribution < 1.29 is 28.6 Å². The molecule has 3 N–H and O–H groups in total. The highest BCUT2D eigenvalue weighted by Gasteiger charge is 2.12. The second kappa shape index (κ2) is 12.8. The molecular formula is C23H28N4O6. The van der Waals surface area contributed by atoms with Crippen molar-refractivity contribution in [2.75, 3.05) is 39.3 Å². The molecule has 0 spiro atoms. The van der Waals surface area contributed by atoms with Gasteiger partial charge in [0, 0.05) is 19.3 Å². The summed E-state index contributed by atoms with van der Waals surface area (Å²) in [5.74, 6) is -1.28. The molecule has 10 heteroatoms. The number of aryl methyl sites for hydroxylation is 2. The standard InChI is InChI=1S/C23H28N4O6/c1-15-9-16(2)11-18(10-15)26-21(28)14-33-19-6-5-17(12-20(19)32-4)13-25-27-23(30)22(29)24-7-8-31-3/h5-6,9-13H,7-8,14H2,1-4H3,(H,24,29)(H,26,28)(H,27,30)/b25-13-. The highest BCUT2D eigenvalue weighted by molar-refractivity contribution is 6.35. The molecule has 0 radical (unpaired) electrons. The third kappa shape index (κ3) is 8.62. The molecule has 0 aromatic heterocycles. The molecule has 0 aliphatic carbocycles. The summed E-state index contributed by atoms with van der Waals surface area (Å²) in [6.07, 6.45) is 1.35. The number of hydrazone groups is 1. The van der Waals surface area contributed by atoms with Gasteiger partial charge in [0.05, 0.1) is 19.9 Å². The first kappa shape index (κ1) is 25.3. The number of amides is 3. The fraction of sp³-hybridized carbons (Fsp3) is 0.304. The van der Waals surface area contributed by atoms with Crippen LogP contribution in [-0.2, 0) is 19.1 Å². The van der Waals surface area contributed by atoms with E-state index in [9.17, 15) is 14.4 Å². The van der Waals surface area contributed by atoms with Crippen LogP contribution in [0.3, 0.4) is 0 Å². The van der Waals surface area contributed by atoms with E-state index in [1.807, 2.05) is 32.0 Å². The number of nitrogens with zero attached hydrogens (tertiary/aromatic N) is 1. The van der Waals surface area contributed by atoms with Gasteiger partial charge in [-0.25, -0.2) is 5.43 Å². The molecule has 2 aromatic carbocycles. The number of carbonyl (C=O) groups excluding carboxylic acids is 3. The summed E-state index contributed by atoms with van der Waals surface area (Å²) in [4.78, 5) is 35.5. The Hall–Kier alpha value is -3.92. The van der Waals surface area contributed by atoms with Crippen LogP contribution >= 0.6 is 0 Å². The van der Waals surface area contributed by atoms with Gasteiger partial charge in [0.15, 0.2) is 18.1 Å². The van der Waals surface area contributed by atoms with Crippen molar-refractivity contribution in [3.8, 4) is 11.5 Å². The van der Waals surface area contributed by atoms with Crippen molar-refractivity contribution in [2.45, 2.75) is 13.8 Å². The minimum Gasteiger partial charge on any atom is -0.493 e. The van der Waals surface area contributed by atoms with Gasteiger partial charge in [-0.2, -0.15) is 5.10 Å². The number of ether oxygens (including phenoxy) is 3. The predicted octanol–water partition coefficient (Wildman–Crippen LogP) is 1.54. The van der Waals surface area contributed by atoms with E-state index in [1.54, 1.807) is 18.2 Å². The SMILES string of the molecule is COCCNC(=O)C(=O)N/N=C\c1ccc(OCC(=O)Nc2cc(C)cc(C)c2)c(OC)c1.